The number of nitrogens with zero attached hydrogens (tertiary/aromatic N) is 4. The van der Waals surface area contributed by atoms with Gasteiger partial charge in [-0.1, -0.05) is 18.9 Å². The monoisotopic (exact) mass is 267 g/mol. The molecule has 20 heavy (non-hydrogen) atoms. The number of fused-ring (bicyclic) bond motifs is 1. The van der Waals surface area contributed by atoms with Crippen molar-refractivity contribution in [3.05, 3.63) is 34.9 Å². The molecule has 3 rings (SSSR count). The maximum Gasteiger partial charge on any atom is 0.247 e. The van der Waals surface area contributed by atoms with E-state index < -0.39 is 0 Å². The van der Waals surface area contributed by atoms with E-state index in [0.29, 0.717) is 17.9 Å². The van der Waals surface area contributed by atoms with E-state index in [0.717, 1.165) is 17.7 Å². The van der Waals surface area contributed by atoms with Crippen LogP contribution in [0.1, 0.15) is 47.8 Å². The molecule has 6 heteroatoms. The van der Waals surface area contributed by atoms with Crippen molar-refractivity contribution in [2.24, 2.45) is 5.41 Å². The number of pyridine rings is 1. The summed E-state index contributed by atoms with van der Waals surface area (Å²) in [6.45, 7) is 4.15. The van der Waals surface area contributed by atoms with Crippen LogP contribution in [-0.2, 0) is 6.42 Å². The Morgan fingerprint density at radius 2 is 2.10 bits per heavy atom. The maximum atomic E-state index is 12.0. The molecule has 2 aromatic heterocycles. The number of tetrazole rings is 1. The second-order valence-electron chi connectivity index (χ2n) is 5.62. The molecule has 0 atom stereocenters. The molecule has 100 valence electrons. The van der Waals surface area contributed by atoms with Gasteiger partial charge in [0.2, 0.25) is 5.82 Å². The number of ketones is 1. The first kappa shape index (κ1) is 12.5. The Labute approximate surface area is 116 Å². The molecule has 0 spiro atoms. The number of aromatic nitrogens is 5. The van der Waals surface area contributed by atoms with E-state index in [1.165, 1.54) is 0 Å². The molecule has 0 radical (unpaired) electrons. The van der Waals surface area contributed by atoms with Gasteiger partial charge >= 0.3 is 0 Å². The van der Waals surface area contributed by atoms with Crippen LogP contribution in [-0.4, -0.2) is 31.4 Å². The lowest BCUT2D eigenvalue weighted by molar-refractivity contribution is 0.0910. The predicted octanol–water partition coefficient (Wildman–Crippen LogP) is 1.15. The van der Waals surface area contributed by atoms with Gasteiger partial charge in [0.25, 0.3) is 0 Å². The van der Waals surface area contributed by atoms with Crippen molar-refractivity contribution in [2.45, 2.75) is 26.7 Å². The molecular weight excluding hydrogens is 254 g/mol. The van der Waals surface area contributed by atoms with Crippen molar-refractivity contribution in [1.29, 1.82) is 0 Å². The van der Waals surface area contributed by atoms with Crippen molar-refractivity contribution in [2.75, 3.05) is 0 Å². The van der Waals surface area contributed by atoms with E-state index >= 15 is 0 Å². The Balaban J connectivity index is 1.95. The van der Waals surface area contributed by atoms with Crippen LogP contribution >= 0.6 is 0 Å². The summed E-state index contributed by atoms with van der Waals surface area (Å²) in [6, 6.07) is 3.56. The molecule has 0 amide bonds. The minimum absolute atomic E-state index is 0.0448. The predicted molar refractivity (Wildman–Crippen MR) is 70.8 cm³/mol. The van der Waals surface area contributed by atoms with Crippen LogP contribution in [0.2, 0.25) is 0 Å². The van der Waals surface area contributed by atoms with Gasteiger partial charge in [-0.2, -0.15) is 5.21 Å². The third-order valence-electron chi connectivity index (χ3n) is 3.21. The van der Waals surface area contributed by atoms with Gasteiger partial charge in [-0.25, -0.2) is 4.98 Å². The van der Waals surface area contributed by atoms with Crippen LogP contribution in [0.5, 0.6) is 0 Å². The minimum atomic E-state index is -0.0448. The second-order valence-corrected chi connectivity index (χ2v) is 5.62. The summed E-state index contributed by atoms with van der Waals surface area (Å²) in [6.07, 6.45) is 1.35. The summed E-state index contributed by atoms with van der Waals surface area (Å²) in [7, 11) is 0. The SMILES string of the molecule is CC1(C)CC(=O)c2ccc(C#Cc3nn[nH]n3)nc2C1. The van der Waals surface area contributed by atoms with Crippen molar-refractivity contribution >= 4 is 5.78 Å². The number of H-pyrrole nitrogens is 1. The van der Waals surface area contributed by atoms with Gasteiger partial charge in [-0.05, 0) is 41.0 Å². The van der Waals surface area contributed by atoms with E-state index in [2.05, 4.69) is 51.3 Å². The standard InChI is InChI=1S/C14H13N5O/c1-14(2)7-11-10(12(20)8-14)5-3-9(15-11)4-6-13-16-18-19-17-13/h3,5H,7-8H2,1-2H3,(H,16,17,18,19). The van der Waals surface area contributed by atoms with Crippen LogP contribution in [0.3, 0.4) is 0 Å². The zero-order valence-corrected chi connectivity index (χ0v) is 11.3. The third-order valence-corrected chi connectivity index (χ3v) is 3.21. The third kappa shape index (κ3) is 2.43. The Hall–Kier alpha value is -2.55. The first-order valence-electron chi connectivity index (χ1n) is 6.32. The van der Waals surface area contributed by atoms with Gasteiger partial charge in [0.1, 0.15) is 5.69 Å². The quantitative estimate of drug-likeness (QED) is 0.724. The van der Waals surface area contributed by atoms with E-state index in [-0.39, 0.29) is 11.2 Å². The Kier molecular flexibility index (Phi) is 2.83. The highest BCUT2D eigenvalue weighted by molar-refractivity contribution is 5.98. The number of nitrogens with one attached hydrogen (secondary N) is 1. The number of carbonyl (C=O) groups is 1. The fourth-order valence-electron chi connectivity index (χ4n) is 2.34. The summed E-state index contributed by atoms with van der Waals surface area (Å²) >= 11 is 0. The molecule has 0 aromatic carbocycles. The number of hydrogen-bond donors (Lipinski definition) is 1. The van der Waals surface area contributed by atoms with Crippen molar-refractivity contribution in [1.82, 2.24) is 25.6 Å². The first-order valence-corrected chi connectivity index (χ1v) is 6.32. The molecule has 1 aliphatic carbocycles. The molecule has 0 aliphatic heterocycles. The van der Waals surface area contributed by atoms with Gasteiger partial charge in [0, 0.05) is 12.0 Å². The molecule has 1 N–H and O–H groups in total. The number of hydrogen-bond acceptors (Lipinski definition) is 5. The smallest absolute Gasteiger partial charge is 0.247 e. The van der Waals surface area contributed by atoms with Gasteiger partial charge in [0.15, 0.2) is 5.78 Å². The number of carbonyl (C=O) groups excluding carboxylic acids is 1. The molecule has 0 saturated carbocycles. The largest absolute Gasteiger partial charge is 0.294 e. The van der Waals surface area contributed by atoms with Crippen LogP contribution in [0.15, 0.2) is 12.1 Å². The Morgan fingerprint density at radius 3 is 2.85 bits per heavy atom. The van der Waals surface area contributed by atoms with Gasteiger partial charge in [0.05, 0.1) is 5.69 Å². The van der Waals surface area contributed by atoms with Crippen molar-refractivity contribution in [3.63, 3.8) is 0 Å². The molecule has 0 fully saturated rings. The number of rotatable bonds is 0. The topological polar surface area (TPSA) is 84.4 Å². The van der Waals surface area contributed by atoms with Crippen molar-refractivity contribution in [3.8, 4) is 11.8 Å². The highest BCUT2D eigenvalue weighted by Crippen LogP contribution is 2.33. The number of aromatic amines is 1. The lowest BCUT2D eigenvalue weighted by atomic mass is 9.75. The molecule has 2 aromatic rings. The van der Waals surface area contributed by atoms with Gasteiger partial charge in [-0.15, -0.1) is 5.10 Å². The normalized spacial score (nSPS) is 16.2. The number of Topliss-reactive ketones (excluding diaryl/α,β-unsaturated/α-hetero) is 1. The van der Waals surface area contributed by atoms with Gasteiger partial charge in [-0.3, -0.25) is 4.79 Å². The van der Waals surface area contributed by atoms with Crippen LogP contribution in [0.4, 0.5) is 0 Å². The lowest BCUT2D eigenvalue weighted by Crippen LogP contribution is -2.28. The fourth-order valence-corrected chi connectivity index (χ4v) is 2.34. The summed E-state index contributed by atoms with van der Waals surface area (Å²) in [4.78, 5) is 16.5. The van der Waals surface area contributed by atoms with Crippen LogP contribution in [0.25, 0.3) is 0 Å². The minimum Gasteiger partial charge on any atom is -0.294 e. The molecule has 0 bridgehead atoms. The van der Waals surface area contributed by atoms with Crippen LogP contribution < -0.4 is 0 Å². The van der Waals surface area contributed by atoms with Crippen LogP contribution in [0, 0.1) is 17.3 Å². The maximum absolute atomic E-state index is 12.0. The summed E-state index contributed by atoms with van der Waals surface area (Å²) in [5.41, 5.74) is 2.11. The van der Waals surface area contributed by atoms with Gasteiger partial charge < -0.3 is 0 Å². The average molecular weight is 267 g/mol. The second kappa shape index (κ2) is 4.53. The molecule has 0 saturated heterocycles. The van der Waals surface area contributed by atoms with E-state index in [1.807, 2.05) is 0 Å². The average Bonchev–Trinajstić information content (AvgIpc) is 2.87. The van der Waals surface area contributed by atoms with E-state index in [9.17, 15) is 4.79 Å². The molecule has 2 heterocycles. The molecule has 0 unspecified atom stereocenters. The summed E-state index contributed by atoms with van der Waals surface area (Å²) in [5.74, 6) is 6.12. The zero-order chi connectivity index (χ0) is 14.2. The highest BCUT2D eigenvalue weighted by Gasteiger charge is 2.31. The molecule has 1 aliphatic rings. The lowest BCUT2D eigenvalue weighted by Gasteiger charge is -2.29. The van der Waals surface area contributed by atoms with E-state index in [4.69, 9.17) is 0 Å². The zero-order valence-electron chi connectivity index (χ0n) is 11.3. The molecule has 6 nitrogen and oxygen atoms in total. The van der Waals surface area contributed by atoms with E-state index in [1.54, 1.807) is 12.1 Å². The highest BCUT2D eigenvalue weighted by atomic mass is 16.1. The Bertz CT molecular complexity index is 722. The summed E-state index contributed by atoms with van der Waals surface area (Å²) in [5, 5.41) is 13.3. The molecular formula is C14H13N5O. The summed E-state index contributed by atoms with van der Waals surface area (Å²) < 4.78 is 0. The van der Waals surface area contributed by atoms with Crippen molar-refractivity contribution < 1.29 is 4.79 Å². The fraction of sp³-hybridized carbons (Fsp3) is 0.357. The first-order chi connectivity index (χ1) is 9.53. The Morgan fingerprint density at radius 1 is 1.25 bits per heavy atom.